The van der Waals surface area contributed by atoms with E-state index in [-0.39, 0.29) is 12.5 Å². The standard InChI is InChI=1S/C22H32N10O2S2/c1-18-20(30-17-29-18)15-35-11-8-27-21(13-32(33)34)26-7-4-9-31(22(24)28-16-23)10-12-36-14-19-5-2-3-6-25-19/h2-3,5-6,17H,4,7-15H2,1H3,(H2,24,28)(H,26,27)(H,29,30). The van der Waals surface area contributed by atoms with Gasteiger partial charge in [-0.2, -0.15) is 28.8 Å². The Morgan fingerprint density at radius 2 is 2.14 bits per heavy atom. The lowest BCUT2D eigenvalue weighted by Gasteiger charge is -2.22. The molecule has 4 N–H and O–H groups in total. The first-order valence-electron chi connectivity index (χ1n) is 11.4. The largest absolute Gasteiger partial charge is 0.369 e. The number of rotatable bonds is 16. The Bertz CT molecular complexity index is 1020. The minimum Gasteiger partial charge on any atom is -0.369 e. The van der Waals surface area contributed by atoms with Crippen molar-refractivity contribution in [1.82, 2.24) is 25.2 Å². The fourth-order valence-electron chi connectivity index (χ4n) is 3.03. The predicted octanol–water partition coefficient (Wildman–Crippen LogP) is 2.03. The third-order valence-corrected chi connectivity index (χ3v) is 6.83. The van der Waals surface area contributed by atoms with Gasteiger partial charge in [0.1, 0.15) is 0 Å². The summed E-state index contributed by atoms with van der Waals surface area (Å²) < 4.78 is 0. The topological polar surface area (TPSA) is 175 Å². The zero-order chi connectivity index (χ0) is 26.0. The number of imidazole rings is 1. The third kappa shape index (κ3) is 11.9. The Labute approximate surface area is 219 Å². The number of nitro groups is 1. The molecule has 0 unspecified atom stereocenters. The van der Waals surface area contributed by atoms with Crippen LogP contribution in [0, 0.1) is 28.5 Å². The molecule has 0 saturated carbocycles. The fraction of sp³-hybridized carbons (Fsp3) is 0.500. The average Bonchev–Trinajstić information content (AvgIpc) is 3.27. The molecule has 0 aliphatic rings. The van der Waals surface area contributed by atoms with E-state index in [1.807, 2.05) is 30.0 Å². The molecule has 2 rings (SSSR count). The van der Waals surface area contributed by atoms with Crippen molar-refractivity contribution in [3.05, 3.63) is 57.9 Å². The monoisotopic (exact) mass is 532 g/mol. The number of aromatic amines is 1. The molecule has 0 bridgehead atoms. The fourth-order valence-corrected chi connectivity index (χ4v) is 4.78. The van der Waals surface area contributed by atoms with Crippen molar-refractivity contribution >= 4 is 35.3 Å². The highest BCUT2D eigenvalue weighted by molar-refractivity contribution is 7.98. The zero-order valence-corrected chi connectivity index (χ0v) is 21.9. The number of hydrogen-bond acceptors (Lipinski definition) is 9. The molecule has 2 heterocycles. The Morgan fingerprint density at radius 1 is 1.31 bits per heavy atom. The number of guanidine groups is 1. The molecule has 0 aromatic carbocycles. The Kier molecular flexibility index (Phi) is 13.8. The van der Waals surface area contributed by atoms with Crippen LogP contribution in [0.5, 0.6) is 0 Å². The van der Waals surface area contributed by atoms with Crippen molar-refractivity contribution in [1.29, 1.82) is 5.26 Å². The van der Waals surface area contributed by atoms with Crippen molar-refractivity contribution in [2.24, 2.45) is 15.7 Å². The molecule has 2 aromatic rings. The van der Waals surface area contributed by atoms with Crippen LogP contribution < -0.4 is 11.1 Å². The van der Waals surface area contributed by atoms with Crippen LogP contribution in [-0.2, 0) is 11.5 Å². The number of nitrogens with zero attached hydrogens (tertiary/aromatic N) is 7. The lowest BCUT2D eigenvalue weighted by molar-refractivity contribution is -0.463. The predicted molar refractivity (Wildman–Crippen MR) is 145 cm³/mol. The molecule has 0 atom stereocenters. The van der Waals surface area contributed by atoms with E-state index in [0.717, 1.165) is 40.1 Å². The van der Waals surface area contributed by atoms with E-state index in [1.165, 1.54) is 0 Å². The number of amidine groups is 1. The first kappa shape index (κ1) is 28.9. The van der Waals surface area contributed by atoms with Crippen molar-refractivity contribution in [2.45, 2.75) is 24.9 Å². The van der Waals surface area contributed by atoms with Crippen LogP contribution in [0.2, 0.25) is 0 Å². The molecule has 12 nitrogen and oxygen atoms in total. The molecule has 0 aliphatic heterocycles. The summed E-state index contributed by atoms with van der Waals surface area (Å²) in [6.45, 7) is 3.75. The van der Waals surface area contributed by atoms with E-state index < -0.39 is 4.92 Å². The summed E-state index contributed by atoms with van der Waals surface area (Å²) >= 11 is 3.41. The van der Waals surface area contributed by atoms with Crippen molar-refractivity contribution < 1.29 is 4.92 Å². The van der Waals surface area contributed by atoms with E-state index >= 15 is 0 Å². The smallest absolute Gasteiger partial charge is 0.259 e. The van der Waals surface area contributed by atoms with E-state index in [2.05, 4.69) is 30.3 Å². The zero-order valence-electron chi connectivity index (χ0n) is 20.3. The van der Waals surface area contributed by atoms with E-state index in [0.29, 0.717) is 38.4 Å². The summed E-state index contributed by atoms with van der Waals surface area (Å²) in [6.07, 6.45) is 5.78. The summed E-state index contributed by atoms with van der Waals surface area (Å²) in [4.78, 5) is 32.1. The van der Waals surface area contributed by atoms with Gasteiger partial charge in [-0.05, 0) is 25.5 Å². The SMILES string of the molecule is Cc1[nH]cnc1CSCCNC(C[N+](=O)[O-])=NCCCN(CCSCc1ccccn1)C(N)=NC#N. The summed E-state index contributed by atoms with van der Waals surface area (Å²) in [5, 5.41) is 23.0. The average molecular weight is 533 g/mol. The minimum atomic E-state index is -0.394. The quantitative estimate of drug-likeness (QED) is 0.0724. The van der Waals surface area contributed by atoms with Gasteiger partial charge in [-0.25, -0.2) is 4.98 Å². The van der Waals surface area contributed by atoms with Crippen LogP contribution in [0.25, 0.3) is 0 Å². The first-order valence-corrected chi connectivity index (χ1v) is 13.7. The van der Waals surface area contributed by atoms with Gasteiger partial charge in [0.15, 0.2) is 5.84 Å². The van der Waals surface area contributed by atoms with E-state index in [4.69, 9.17) is 11.0 Å². The highest BCUT2D eigenvalue weighted by Crippen LogP contribution is 2.12. The van der Waals surface area contributed by atoms with Crippen molar-refractivity contribution in [2.75, 3.05) is 44.2 Å². The van der Waals surface area contributed by atoms with E-state index in [9.17, 15) is 10.1 Å². The number of nitrogens with one attached hydrogen (secondary N) is 2. The van der Waals surface area contributed by atoms with Crippen LogP contribution in [-0.4, -0.2) is 80.8 Å². The van der Waals surface area contributed by atoms with Gasteiger partial charge in [-0.15, -0.1) is 4.99 Å². The maximum atomic E-state index is 11.0. The number of hydrogen-bond donors (Lipinski definition) is 3. The second-order valence-electron chi connectivity index (χ2n) is 7.56. The number of nitriles is 1. The van der Waals surface area contributed by atoms with Gasteiger partial charge in [0.05, 0.1) is 17.7 Å². The molecule has 194 valence electrons. The molecule has 0 radical (unpaired) electrons. The number of aryl methyl sites for hydroxylation is 1. The Balaban J connectivity index is 1.75. The van der Waals surface area contributed by atoms with Gasteiger partial charge in [0, 0.05) is 66.0 Å². The van der Waals surface area contributed by atoms with Crippen LogP contribution >= 0.6 is 23.5 Å². The maximum absolute atomic E-state index is 11.0. The Hall–Kier alpha value is -3.31. The lowest BCUT2D eigenvalue weighted by atomic mass is 10.4. The van der Waals surface area contributed by atoms with Crippen LogP contribution in [0.3, 0.4) is 0 Å². The molecular weight excluding hydrogens is 500 g/mol. The molecule has 0 aliphatic carbocycles. The number of nitrogens with two attached hydrogens (primary N) is 1. The van der Waals surface area contributed by atoms with Crippen molar-refractivity contribution in [3.63, 3.8) is 0 Å². The molecule has 2 aromatic heterocycles. The highest BCUT2D eigenvalue weighted by atomic mass is 32.2. The normalized spacial score (nSPS) is 11.8. The van der Waals surface area contributed by atoms with Gasteiger partial charge in [-0.3, -0.25) is 20.1 Å². The molecule has 36 heavy (non-hydrogen) atoms. The molecule has 14 heteroatoms. The number of aromatic nitrogens is 3. The van der Waals surface area contributed by atoms with Gasteiger partial charge in [0.2, 0.25) is 12.2 Å². The van der Waals surface area contributed by atoms with Crippen molar-refractivity contribution in [3.8, 4) is 6.19 Å². The summed E-state index contributed by atoms with van der Waals surface area (Å²) in [5.41, 5.74) is 9.02. The molecule has 0 amide bonds. The molecule has 0 fully saturated rings. The van der Waals surface area contributed by atoms with Gasteiger partial charge < -0.3 is 20.9 Å². The first-order chi connectivity index (χ1) is 17.5. The van der Waals surface area contributed by atoms with Gasteiger partial charge >= 0.3 is 0 Å². The number of thioether (sulfide) groups is 2. The number of pyridine rings is 1. The molecule has 0 saturated heterocycles. The highest BCUT2D eigenvalue weighted by Gasteiger charge is 2.10. The van der Waals surface area contributed by atoms with E-state index in [1.54, 1.807) is 42.2 Å². The lowest BCUT2D eigenvalue weighted by Crippen LogP contribution is -2.39. The molecule has 0 spiro atoms. The minimum absolute atomic E-state index is 0.160. The van der Waals surface area contributed by atoms with Gasteiger partial charge in [-0.1, -0.05) is 6.07 Å². The van der Waals surface area contributed by atoms with Gasteiger partial charge in [0.25, 0.3) is 6.54 Å². The second kappa shape index (κ2) is 17.2. The number of H-pyrrole nitrogens is 1. The maximum Gasteiger partial charge on any atom is 0.259 e. The van der Waals surface area contributed by atoms with Crippen LogP contribution in [0.4, 0.5) is 0 Å². The van der Waals surface area contributed by atoms with Crippen LogP contribution in [0.1, 0.15) is 23.5 Å². The molecular formula is C22H32N10O2S2. The Morgan fingerprint density at radius 3 is 2.83 bits per heavy atom. The number of aliphatic imine (C=N–C) groups is 2. The summed E-state index contributed by atoms with van der Waals surface area (Å²) in [5.74, 6) is 3.63. The second-order valence-corrected chi connectivity index (χ2v) is 9.77. The van der Waals surface area contributed by atoms with Crippen LogP contribution in [0.15, 0.2) is 40.7 Å². The summed E-state index contributed by atoms with van der Waals surface area (Å²) in [6, 6.07) is 5.81. The third-order valence-electron chi connectivity index (χ3n) is 4.89. The summed E-state index contributed by atoms with van der Waals surface area (Å²) in [7, 11) is 0.